The van der Waals surface area contributed by atoms with Crippen LogP contribution in [0.5, 0.6) is 0 Å². The molecular weight excluding hydrogens is 282 g/mol. The van der Waals surface area contributed by atoms with Gasteiger partial charge in [0.15, 0.2) is 0 Å². The van der Waals surface area contributed by atoms with Gasteiger partial charge >= 0.3 is 11.4 Å². The van der Waals surface area contributed by atoms with Gasteiger partial charge in [-0.15, -0.1) is 0 Å². The monoisotopic (exact) mass is 295 g/mol. The number of hydrogen-bond acceptors (Lipinski definition) is 3. The second kappa shape index (κ2) is 3.76. The first-order valence-electron chi connectivity index (χ1n) is 7.41. The smallest absolute Gasteiger partial charge is 0.299 e. The molecule has 0 spiro atoms. The zero-order valence-electron chi connectivity index (χ0n) is 11.6. The maximum Gasteiger partial charge on any atom is 0.352 e. The van der Waals surface area contributed by atoms with E-state index in [0.717, 1.165) is 0 Å². The average Bonchev–Trinajstić information content (AvgIpc) is 2.80. The Morgan fingerprint density at radius 2 is 1.50 bits per heavy atom. The minimum absolute atomic E-state index is 0.140. The molecule has 4 aliphatic rings. The Bertz CT molecular complexity index is 947. The zero-order valence-corrected chi connectivity index (χ0v) is 11.6. The Kier molecular flexibility index (Phi) is 2.05. The molecule has 6 heteroatoms. The van der Waals surface area contributed by atoms with Crippen LogP contribution in [0.4, 0.5) is 0 Å². The molecule has 1 saturated carbocycles. The number of hydrogen-bond donors (Lipinski definition) is 0. The molecule has 2 aromatic rings. The minimum atomic E-state index is -0.367. The van der Waals surface area contributed by atoms with Crippen LogP contribution in [0.25, 0.3) is 5.69 Å². The summed E-state index contributed by atoms with van der Waals surface area (Å²) in [4.78, 5) is 37.4. The number of ketones is 1. The summed E-state index contributed by atoms with van der Waals surface area (Å²) in [5.41, 5.74) is -0.132. The van der Waals surface area contributed by atoms with E-state index in [0.29, 0.717) is 12.1 Å². The summed E-state index contributed by atoms with van der Waals surface area (Å²) in [6.45, 7) is 0. The summed E-state index contributed by atoms with van der Waals surface area (Å²) >= 11 is 0. The van der Waals surface area contributed by atoms with Crippen molar-refractivity contribution in [2.75, 3.05) is 0 Å². The molecule has 0 saturated heterocycles. The van der Waals surface area contributed by atoms with E-state index in [4.69, 9.17) is 0 Å². The predicted octanol–water partition coefficient (Wildman–Crippen LogP) is 0.671. The number of allylic oxidation sites excluding steroid dienone is 2. The molecule has 2 aliphatic carbocycles. The molecule has 1 aromatic heterocycles. The molecule has 0 amide bonds. The lowest BCUT2D eigenvalue weighted by atomic mass is 9.61. The first-order valence-corrected chi connectivity index (χ1v) is 7.41. The third-order valence-electron chi connectivity index (χ3n) is 5.17. The second-order valence-electron chi connectivity index (χ2n) is 6.15. The van der Waals surface area contributed by atoms with E-state index in [1.807, 2.05) is 18.2 Å². The summed E-state index contributed by atoms with van der Waals surface area (Å²) in [7, 11) is 0. The van der Waals surface area contributed by atoms with Crippen LogP contribution < -0.4 is 11.4 Å². The number of carbonyl (C=O) groups excluding carboxylic acids is 1. The van der Waals surface area contributed by atoms with Crippen LogP contribution in [0.15, 0.2) is 52.1 Å². The molecule has 0 unspecified atom stereocenters. The molecule has 6 rings (SSSR count). The third kappa shape index (κ3) is 1.20. The van der Waals surface area contributed by atoms with Gasteiger partial charge in [0.05, 0.1) is 17.8 Å². The van der Waals surface area contributed by atoms with Gasteiger partial charge in [-0.2, -0.15) is 0 Å². The molecule has 2 aliphatic heterocycles. The Labute approximate surface area is 124 Å². The Morgan fingerprint density at radius 1 is 0.864 bits per heavy atom. The van der Waals surface area contributed by atoms with Crippen molar-refractivity contribution in [3.63, 3.8) is 0 Å². The highest BCUT2D eigenvalue weighted by Gasteiger charge is 2.56. The molecule has 4 atom stereocenters. The van der Waals surface area contributed by atoms with E-state index in [-0.39, 0.29) is 41.1 Å². The molecule has 1 fully saturated rings. The largest absolute Gasteiger partial charge is 0.352 e. The molecule has 6 nitrogen and oxygen atoms in total. The van der Waals surface area contributed by atoms with Gasteiger partial charge in [-0.25, -0.2) is 23.5 Å². The highest BCUT2D eigenvalue weighted by atomic mass is 16.2. The molecule has 0 N–H and O–H groups in total. The Hall–Kier alpha value is -2.63. The van der Waals surface area contributed by atoms with Crippen molar-refractivity contribution in [3.05, 3.63) is 63.5 Å². The fourth-order valence-electron chi connectivity index (χ4n) is 4.15. The van der Waals surface area contributed by atoms with Crippen molar-refractivity contribution in [1.82, 2.24) is 13.9 Å². The summed E-state index contributed by atoms with van der Waals surface area (Å²) < 4.78 is 4.20. The van der Waals surface area contributed by atoms with Gasteiger partial charge in [-0.05, 0) is 12.1 Å². The van der Waals surface area contributed by atoms with Gasteiger partial charge in [0.2, 0.25) is 0 Å². The quantitative estimate of drug-likeness (QED) is 0.726. The average molecular weight is 295 g/mol. The van der Waals surface area contributed by atoms with Crippen molar-refractivity contribution in [2.45, 2.75) is 18.5 Å². The number of carbonyl (C=O) groups is 1. The lowest BCUT2D eigenvalue weighted by Crippen LogP contribution is -2.57. The fourth-order valence-corrected chi connectivity index (χ4v) is 4.15. The maximum absolute atomic E-state index is 12.8. The van der Waals surface area contributed by atoms with E-state index in [1.165, 1.54) is 13.9 Å². The normalized spacial score (nSPS) is 30.8. The second-order valence-corrected chi connectivity index (χ2v) is 6.15. The number of rotatable bonds is 1. The highest BCUT2D eigenvalue weighted by Crippen LogP contribution is 2.51. The van der Waals surface area contributed by atoms with Crippen LogP contribution in [-0.2, 0) is 4.79 Å². The van der Waals surface area contributed by atoms with Crippen molar-refractivity contribution in [3.8, 4) is 5.69 Å². The molecule has 110 valence electrons. The minimum Gasteiger partial charge on any atom is -0.299 e. The molecule has 3 heterocycles. The first kappa shape index (κ1) is 12.0. The van der Waals surface area contributed by atoms with Crippen LogP contribution in [0.1, 0.15) is 18.5 Å². The molecule has 1 aromatic carbocycles. The van der Waals surface area contributed by atoms with Crippen LogP contribution >= 0.6 is 0 Å². The van der Waals surface area contributed by atoms with Crippen LogP contribution in [0, 0.1) is 11.8 Å². The number of aromatic nitrogens is 3. The number of para-hydroxylation sites is 1. The molecular formula is C16H13N3O3. The van der Waals surface area contributed by atoms with E-state index < -0.39 is 0 Å². The summed E-state index contributed by atoms with van der Waals surface area (Å²) in [5.74, 6) is 0.215. The number of benzene rings is 1. The van der Waals surface area contributed by atoms with Gasteiger partial charge in [-0.1, -0.05) is 30.4 Å². The predicted molar refractivity (Wildman–Crippen MR) is 78.1 cm³/mol. The van der Waals surface area contributed by atoms with Crippen molar-refractivity contribution >= 4 is 5.78 Å². The van der Waals surface area contributed by atoms with Gasteiger partial charge in [-0.3, -0.25) is 4.79 Å². The Morgan fingerprint density at radius 3 is 2.18 bits per heavy atom. The van der Waals surface area contributed by atoms with Crippen LogP contribution in [0.3, 0.4) is 0 Å². The summed E-state index contributed by atoms with van der Waals surface area (Å²) in [6, 6.07) is 8.41. The molecule has 22 heavy (non-hydrogen) atoms. The topological polar surface area (TPSA) is 66.0 Å². The van der Waals surface area contributed by atoms with Crippen molar-refractivity contribution in [2.24, 2.45) is 11.8 Å². The third-order valence-corrected chi connectivity index (χ3v) is 5.17. The van der Waals surface area contributed by atoms with Gasteiger partial charge in [0.1, 0.15) is 5.78 Å². The van der Waals surface area contributed by atoms with Gasteiger partial charge < -0.3 is 0 Å². The SMILES string of the molecule is O=C1C[C@H]2[C@H]1[C@H]1C=C[C@@H]2n2c(=O)n(-c3ccccc3)c(=O)n21. The Balaban J connectivity index is 1.81. The highest BCUT2D eigenvalue weighted by molar-refractivity contribution is 5.89. The van der Waals surface area contributed by atoms with Gasteiger partial charge in [0, 0.05) is 18.3 Å². The van der Waals surface area contributed by atoms with Crippen molar-refractivity contribution < 1.29 is 4.79 Å². The van der Waals surface area contributed by atoms with Crippen LogP contribution in [-0.4, -0.2) is 19.7 Å². The van der Waals surface area contributed by atoms with Gasteiger partial charge in [0.25, 0.3) is 0 Å². The molecule has 2 bridgehead atoms. The summed E-state index contributed by atoms with van der Waals surface area (Å²) in [5, 5.41) is 0. The lowest BCUT2D eigenvalue weighted by Gasteiger charge is -2.50. The zero-order chi connectivity index (χ0) is 15.0. The van der Waals surface area contributed by atoms with E-state index in [2.05, 4.69) is 0 Å². The molecule has 0 radical (unpaired) electrons. The number of Topliss-reactive ketones (excluding diaryl/α,β-unsaturated/α-hetero) is 1. The summed E-state index contributed by atoms with van der Waals surface area (Å²) in [6.07, 6.45) is 4.38. The van der Waals surface area contributed by atoms with E-state index in [1.54, 1.807) is 24.3 Å². The standard InChI is InChI=1S/C16H13N3O3/c20-13-8-10-11-6-7-12(14(10)13)19-16(22)17(15(21)18(11)19)9-4-2-1-3-5-9/h1-7,10-12,14H,8H2/t10-,11+,12-,14+/m1/s1. The fraction of sp³-hybridized carbons (Fsp3) is 0.312. The first-order chi connectivity index (χ1) is 10.7. The van der Waals surface area contributed by atoms with E-state index in [9.17, 15) is 14.4 Å². The maximum atomic E-state index is 12.8. The van der Waals surface area contributed by atoms with Crippen molar-refractivity contribution in [1.29, 1.82) is 0 Å². The van der Waals surface area contributed by atoms with Crippen LogP contribution in [0.2, 0.25) is 0 Å². The van der Waals surface area contributed by atoms with E-state index >= 15 is 0 Å². The lowest BCUT2D eigenvalue weighted by molar-refractivity contribution is -0.141. The number of nitrogens with zero attached hydrogens (tertiary/aromatic N) is 3.